The van der Waals surface area contributed by atoms with Gasteiger partial charge in [-0.3, -0.25) is 9.48 Å². The second-order valence-electron chi connectivity index (χ2n) is 6.15. The fourth-order valence-corrected chi connectivity index (χ4v) is 4.53. The average molecular weight is 347 g/mol. The fraction of sp³-hybridized carbons (Fsp3) is 0.412. The van der Waals surface area contributed by atoms with Crippen molar-refractivity contribution in [2.45, 2.75) is 18.9 Å². The van der Waals surface area contributed by atoms with Gasteiger partial charge in [0, 0.05) is 31.8 Å². The van der Waals surface area contributed by atoms with Gasteiger partial charge in [0.2, 0.25) is 5.91 Å². The number of aromatic nitrogens is 2. The number of carbonyl (C=O) groups excluding carboxylic acids is 1. The second-order valence-corrected chi connectivity index (χ2v) is 8.38. The summed E-state index contributed by atoms with van der Waals surface area (Å²) in [7, 11) is -1.36. The third-order valence-corrected chi connectivity index (χ3v) is 5.96. The summed E-state index contributed by atoms with van der Waals surface area (Å²) in [4.78, 5) is 14.4. The first-order valence-corrected chi connectivity index (χ1v) is 9.79. The molecule has 0 spiro atoms. The van der Waals surface area contributed by atoms with E-state index in [1.54, 1.807) is 29.0 Å². The number of benzene rings is 1. The maximum Gasteiger partial charge on any atom is 0.223 e. The van der Waals surface area contributed by atoms with Gasteiger partial charge >= 0.3 is 0 Å². The smallest absolute Gasteiger partial charge is 0.223 e. The molecule has 7 heteroatoms. The number of hydrogen-bond donors (Lipinski definition) is 0. The second kappa shape index (κ2) is 6.76. The van der Waals surface area contributed by atoms with Crippen LogP contribution in [-0.4, -0.2) is 47.1 Å². The van der Waals surface area contributed by atoms with Gasteiger partial charge in [0.15, 0.2) is 9.84 Å². The lowest BCUT2D eigenvalue weighted by Gasteiger charge is -2.35. The zero-order valence-electron chi connectivity index (χ0n) is 13.6. The van der Waals surface area contributed by atoms with Crippen LogP contribution in [0.25, 0.3) is 0 Å². The summed E-state index contributed by atoms with van der Waals surface area (Å²) in [6, 6.07) is 9.39. The minimum atomic E-state index is -3.14. The molecule has 3 rings (SSSR count). The van der Waals surface area contributed by atoms with Gasteiger partial charge in [-0.15, -0.1) is 0 Å². The molecule has 0 unspecified atom stereocenters. The zero-order chi connectivity index (χ0) is 17.2. The summed E-state index contributed by atoms with van der Waals surface area (Å²) >= 11 is 0. The molecule has 1 aliphatic heterocycles. The fourth-order valence-electron chi connectivity index (χ4n) is 3.03. The first-order valence-electron chi connectivity index (χ1n) is 7.97. The molecule has 0 radical (unpaired) electrons. The Kier molecular flexibility index (Phi) is 4.71. The van der Waals surface area contributed by atoms with Crippen LogP contribution in [-0.2, 0) is 28.1 Å². The van der Waals surface area contributed by atoms with Gasteiger partial charge in [-0.05, 0) is 12.0 Å². The highest BCUT2D eigenvalue weighted by Gasteiger charge is 2.35. The van der Waals surface area contributed by atoms with Gasteiger partial charge in [0.25, 0.3) is 0 Å². The summed E-state index contributed by atoms with van der Waals surface area (Å²) in [5.74, 6) is -0.0148. The minimum Gasteiger partial charge on any atom is -0.333 e. The van der Waals surface area contributed by atoms with Crippen LogP contribution in [0.15, 0.2) is 42.7 Å². The molecule has 1 aliphatic rings. The van der Waals surface area contributed by atoms with Crippen LogP contribution in [0, 0.1) is 0 Å². The molecule has 0 saturated carbocycles. The van der Waals surface area contributed by atoms with Gasteiger partial charge in [-0.2, -0.15) is 5.10 Å². The highest BCUT2D eigenvalue weighted by molar-refractivity contribution is 7.91. The first kappa shape index (κ1) is 16.7. The van der Waals surface area contributed by atoms with E-state index in [9.17, 15) is 13.2 Å². The molecule has 0 N–H and O–H groups in total. The van der Waals surface area contributed by atoms with E-state index < -0.39 is 15.9 Å². The van der Waals surface area contributed by atoms with Crippen molar-refractivity contribution in [2.75, 3.05) is 18.1 Å². The molecular weight excluding hydrogens is 326 g/mol. The lowest BCUT2D eigenvalue weighted by molar-refractivity contribution is -0.133. The third-order valence-electron chi connectivity index (χ3n) is 4.33. The average Bonchev–Trinajstić information content (AvgIpc) is 2.99. The third kappa shape index (κ3) is 3.84. The number of aryl methyl sites for hydroxylation is 2. The molecule has 1 aromatic carbocycles. The lowest BCUT2D eigenvalue weighted by atomic mass is 10.1. The van der Waals surface area contributed by atoms with Gasteiger partial charge in [-0.25, -0.2) is 8.42 Å². The van der Waals surface area contributed by atoms with Crippen molar-refractivity contribution in [3.05, 3.63) is 53.9 Å². The van der Waals surface area contributed by atoms with E-state index in [0.717, 1.165) is 11.1 Å². The number of rotatable bonds is 4. The molecule has 1 saturated heterocycles. The normalized spacial score (nSPS) is 20.0. The summed E-state index contributed by atoms with van der Waals surface area (Å²) < 4.78 is 25.7. The Morgan fingerprint density at radius 1 is 1.29 bits per heavy atom. The lowest BCUT2D eigenvalue weighted by Crippen LogP contribution is -2.46. The molecule has 0 aliphatic carbocycles. The van der Waals surface area contributed by atoms with Crippen LogP contribution in [0.3, 0.4) is 0 Å². The molecule has 6 nitrogen and oxygen atoms in total. The highest BCUT2D eigenvalue weighted by Crippen LogP contribution is 2.27. The number of hydrogen-bond acceptors (Lipinski definition) is 4. The van der Waals surface area contributed by atoms with Crippen LogP contribution in [0.2, 0.25) is 0 Å². The van der Waals surface area contributed by atoms with Crippen molar-refractivity contribution in [3.63, 3.8) is 0 Å². The van der Waals surface area contributed by atoms with E-state index in [1.165, 1.54) is 0 Å². The highest BCUT2D eigenvalue weighted by atomic mass is 32.2. The number of nitrogens with zero attached hydrogens (tertiary/aromatic N) is 3. The van der Waals surface area contributed by atoms with Crippen molar-refractivity contribution < 1.29 is 13.2 Å². The van der Waals surface area contributed by atoms with Gasteiger partial charge in [0.1, 0.15) is 0 Å². The van der Waals surface area contributed by atoms with Crippen molar-refractivity contribution in [2.24, 2.45) is 7.05 Å². The number of carbonyl (C=O) groups is 1. The van der Waals surface area contributed by atoms with Crippen LogP contribution >= 0.6 is 0 Å². The van der Waals surface area contributed by atoms with Crippen molar-refractivity contribution in [1.82, 2.24) is 14.7 Å². The Labute approximate surface area is 142 Å². The summed E-state index contributed by atoms with van der Waals surface area (Å²) in [5.41, 5.74) is 1.88. The predicted octanol–water partition coefficient (Wildman–Crippen LogP) is 1.35. The van der Waals surface area contributed by atoms with Crippen molar-refractivity contribution >= 4 is 15.7 Å². The SMILES string of the molecule is Cn1cc([C@H]2CS(=O)(=O)CCN2C(=O)CCc2ccccc2)cn1. The maximum atomic E-state index is 12.7. The van der Waals surface area contributed by atoms with Gasteiger partial charge < -0.3 is 4.90 Å². The van der Waals surface area contributed by atoms with Crippen molar-refractivity contribution in [3.8, 4) is 0 Å². The van der Waals surface area contributed by atoms with Crippen LogP contribution in [0.1, 0.15) is 23.6 Å². The summed E-state index contributed by atoms with van der Waals surface area (Å²) in [5, 5.41) is 4.11. The molecule has 1 atom stereocenters. The Morgan fingerprint density at radius 3 is 2.71 bits per heavy atom. The molecule has 2 heterocycles. The predicted molar refractivity (Wildman–Crippen MR) is 91.1 cm³/mol. The number of sulfone groups is 1. The standard InChI is InChI=1S/C17H21N3O3S/c1-19-12-15(11-18-19)16-13-24(22,23)10-9-20(16)17(21)8-7-14-5-3-2-4-6-14/h2-6,11-12,16H,7-10,13H2,1H3/t16-/m1/s1. The molecule has 128 valence electrons. The van der Waals surface area contributed by atoms with E-state index in [-0.39, 0.29) is 24.0 Å². The Bertz CT molecular complexity index is 815. The maximum absolute atomic E-state index is 12.7. The largest absolute Gasteiger partial charge is 0.333 e. The first-order chi connectivity index (χ1) is 11.4. The molecule has 2 aromatic rings. The van der Waals surface area contributed by atoms with E-state index >= 15 is 0 Å². The van der Waals surface area contributed by atoms with Gasteiger partial charge in [-0.1, -0.05) is 30.3 Å². The minimum absolute atomic E-state index is 0.0115. The molecule has 1 fully saturated rings. The van der Waals surface area contributed by atoms with Gasteiger partial charge in [0.05, 0.1) is 23.7 Å². The molecule has 1 aromatic heterocycles. The van der Waals surface area contributed by atoms with Crippen LogP contribution in [0.5, 0.6) is 0 Å². The Morgan fingerprint density at radius 2 is 2.04 bits per heavy atom. The summed E-state index contributed by atoms with van der Waals surface area (Å²) in [6.45, 7) is 0.246. The monoisotopic (exact) mass is 347 g/mol. The number of amides is 1. The molecule has 1 amide bonds. The summed E-state index contributed by atoms with van der Waals surface area (Å²) in [6.07, 6.45) is 4.45. The van der Waals surface area contributed by atoms with Crippen LogP contribution in [0.4, 0.5) is 0 Å². The van der Waals surface area contributed by atoms with E-state index in [2.05, 4.69) is 5.10 Å². The molecule has 0 bridgehead atoms. The molecule has 24 heavy (non-hydrogen) atoms. The molecular formula is C17H21N3O3S. The van der Waals surface area contributed by atoms with Crippen molar-refractivity contribution in [1.29, 1.82) is 0 Å². The van der Waals surface area contributed by atoms with E-state index in [0.29, 0.717) is 12.8 Å². The van der Waals surface area contributed by atoms with E-state index in [1.807, 2.05) is 30.3 Å². The topological polar surface area (TPSA) is 72.3 Å². The quantitative estimate of drug-likeness (QED) is 0.837. The Balaban J connectivity index is 1.75. The van der Waals surface area contributed by atoms with Crippen LogP contribution < -0.4 is 0 Å². The van der Waals surface area contributed by atoms with E-state index in [4.69, 9.17) is 0 Å². The zero-order valence-corrected chi connectivity index (χ0v) is 14.4. The Hall–Kier alpha value is -2.15.